The van der Waals surface area contributed by atoms with Gasteiger partial charge in [0.25, 0.3) is 5.91 Å². The first-order chi connectivity index (χ1) is 11.7. The van der Waals surface area contributed by atoms with Gasteiger partial charge in [0.15, 0.2) is 0 Å². The quantitative estimate of drug-likeness (QED) is 0.742. The molecule has 0 heterocycles. The number of amides is 1. The summed E-state index contributed by atoms with van der Waals surface area (Å²) < 4.78 is 0. The molecule has 0 radical (unpaired) electrons. The molecule has 0 aromatic heterocycles. The van der Waals surface area contributed by atoms with Crippen LogP contribution in [0.2, 0.25) is 0 Å². The zero-order valence-corrected chi connectivity index (χ0v) is 16.9. The molecule has 144 valence electrons. The maximum atomic E-state index is 12.5. The SMILES string of the molecule is CC(CC(=O)C(C)(C)C)(CC(=O)C(C)(C)C)ONC(=O)c1ccccc1. The molecule has 1 aromatic carbocycles. The second-order valence-corrected chi connectivity index (χ2v) is 9.05. The summed E-state index contributed by atoms with van der Waals surface area (Å²) in [6.07, 6.45) is 0.0702. The molecule has 0 fully saturated rings. The Balaban J connectivity index is 2.94. The Labute approximate surface area is 156 Å². The average Bonchev–Trinajstić information content (AvgIpc) is 2.51. The molecule has 1 rings (SSSR count). The molecule has 0 unspecified atom stereocenters. The van der Waals surface area contributed by atoms with Crippen LogP contribution in [0.4, 0.5) is 0 Å². The van der Waals surface area contributed by atoms with Gasteiger partial charge in [-0.3, -0.25) is 19.2 Å². The summed E-state index contributed by atoms with van der Waals surface area (Å²) in [5.74, 6) is -0.477. The minimum atomic E-state index is -1.11. The number of hydroxylamine groups is 1. The highest BCUT2D eigenvalue weighted by atomic mass is 16.7. The molecule has 1 amide bonds. The van der Waals surface area contributed by atoms with Gasteiger partial charge in [-0.1, -0.05) is 59.7 Å². The van der Waals surface area contributed by atoms with Crippen molar-refractivity contribution < 1.29 is 19.2 Å². The number of Topliss-reactive ketones (excluding diaryl/α,β-unsaturated/α-hetero) is 2. The standard InChI is InChI=1S/C21H31NO4/c1-19(2,3)16(23)13-21(7,14-17(24)20(4,5)6)26-22-18(25)15-11-9-8-10-12-15/h8-12H,13-14H2,1-7H3,(H,22,25). The van der Waals surface area contributed by atoms with E-state index in [1.807, 2.05) is 47.6 Å². The number of carbonyl (C=O) groups excluding carboxylic acids is 3. The predicted molar refractivity (Wildman–Crippen MR) is 102 cm³/mol. The lowest BCUT2D eigenvalue weighted by molar-refractivity contribution is -0.147. The van der Waals surface area contributed by atoms with Crippen LogP contribution in [0.5, 0.6) is 0 Å². The van der Waals surface area contributed by atoms with Crippen LogP contribution in [0, 0.1) is 10.8 Å². The van der Waals surface area contributed by atoms with E-state index in [4.69, 9.17) is 4.84 Å². The Bertz CT molecular complexity index is 623. The van der Waals surface area contributed by atoms with Crippen molar-refractivity contribution in [3.8, 4) is 0 Å². The molecule has 0 atom stereocenters. The van der Waals surface area contributed by atoms with E-state index in [0.29, 0.717) is 5.56 Å². The number of ketones is 2. The lowest BCUT2D eigenvalue weighted by Crippen LogP contribution is -2.44. The second kappa shape index (κ2) is 8.12. The third-order valence-corrected chi connectivity index (χ3v) is 4.17. The van der Waals surface area contributed by atoms with Gasteiger partial charge in [0.2, 0.25) is 0 Å². The van der Waals surface area contributed by atoms with Crippen molar-refractivity contribution in [2.24, 2.45) is 10.8 Å². The first-order valence-electron chi connectivity index (χ1n) is 8.85. The van der Waals surface area contributed by atoms with E-state index in [1.54, 1.807) is 31.2 Å². The molecule has 0 spiro atoms. The summed E-state index contributed by atoms with van der Waals surface area (Å²) in [4.78, 5) is 42.9. The van der Waals surface area contributed by atoms with Gasteiger partial charge in [-0.25, -0.2) is 5.48 Å². The van der Waals surface area contributed by atoms with Gasteiger partial charge >= 0.3 is 0 Å². The molecule has 26 heavy (non-hydrogen) atoms. The molecule has 0 aliphatic rings. The molecular formula is C21H31NO4. The minimum Gasteiger partial charge on any atom is -0.299 e. The van der Waals surface area contributed by atoms with Gasteiger partial charge in [-0.2, -0.15) is 0 Å². The molecule has 5 heteroatoms. The monoisotopic (exact) mass is 361 g/mol. The lowest BCUT2D eigenvalue weighted by Gasteiger charge is -2.32. The van der Waals surface area contributed by atoms with Crippen LogP contribution in [0.25, 0.3) is 0 Å². The molecule has 0 saturated heterocycles. The van der Waals surface area contributed by atoms with Crippen molar-refractivity contribution in [3.63, 3.8) is 0 Å². The van der Waals surface area contributed by atoms with Crippen LogP contribution in [-0.2, 0) is 14.4 Å². The number of benzene rings is 1. The molecule has 0 aliphatic heterocycles. The van der Waals surface area contributed by atoms with Crippen LogP contribution in [-0.4, -0.2) is 23.1 Å². The number of carbonyl (C=O) groups is 3. The van der Waals surface area contributed by atoms with E-state index in [9.17, 15) is 14.4 Å². The summed E-state index contributed by atoms with van der Waals surface area (Å²) >= 11 is 0. The van der Waals surface area contributed by atoms with Crippen LogP contribution >= 0.6 is 0 Å². The van der Waals surface area contributed by atoms with Gasteiger partial charge in [0.1, 0.15) is 17.2 Å². The normalized spacial score (nSPS) is 12.6. The molecule has 0 aliphatic carbocycles. The maximum Gasteiger partial charge on any atom is 0.274 e. The van der Waals surface area contributed by atoms with Gasteiger partial charge < -0.3 is 0 Å². The van der Waals surface area contributed by atoms with Crippen LogP contribution in [0.3, 0.4) is 0 Å². The topological polar surface area (TPSA) is 72.5 Å². The highest BCUT2D eigenvalue weighted by molar-refractivity contribution is 5.93. The van der Waals surface area contributed by atoms with Crippen molar-refractivity contribution in [2.75, 3.05) is 0 Å². The average molecular weight is 361 g/mol. The Morgan fingerprint density at radius 2 is 1.23 bits per heavy atom. The van der Waals surface area contributed by atoms with E-state index in [2.05, 4.69) is 5.48 Å². The van der Waals surface area contributed by atoms with Gasteiger partial charge in [-0.05, 0) is 19.1 Å². The Hall–Kier alpha value is -2.01. The summed E-state index contributed by atoms with van der Waals surface area (Å²) in [6.45, 7) is 12.6. The Kier molecular flexibility index (Phi) is 6.88. The summed E-state index contributed by atoms with van der Waals surface area (Å²) in [6, 6.07) is 8.64. The molecular weight excluding hydrogens is 330 g/mol. The zero-order valence-electron chi connectivity index (χ0n) is 16.9. The molecule has 0 bridgehead atoms. The van der Waals surface area contributed by atoms with Crippen LogP contribution in [0.15, 0.2) is 30.3 Å². The van der Waals surface area contributed by atoms with Crippen molar-refractivity contribution in [1.82, 2.24) is 5.48 Å². The molecule has 0 saturated carbocycles. The molecule has 1 aromatic rings. The maximum absolute atomic E-state index is 12.5. The number of rotatable bonds is 7. The van der Waals surface area contributed by atoms with E-state index in [0.717, 1.165) is 0 Å². The molecule has 5 nitrogen and oxygen atoms in total. The number of nitrogens with one attached hydrogen (secondary N) is 1. The highest BCUT2D eigenvalue weighted by Gasteiger charge is 2.38. The van der Waals surface area contributed by atoms with Gasteiger partial charge in [0.05, 0.1) is 0 Å². The lowest BCUT2D eigenvalue weighted by atomic mass is 9.78. The smallest absolute Gasteiger partial charge is 0.274 e. The van der Waals surface area contributed by atoms with Gasteiger partial charge in [0, 0.05) is 29.2 Å². The van der Waals surface area contributed by atoms with Crippen molar-refractivity contribution in [1.29, 1.82) is 0 Å². The fourth-order valence-electron chi connectivity index (χ4n) is 2.16. The first kappa shape index (κ1) is 22.0. The van der Waals surface area contributed by atoms with E-state index in [1.165, 1.54) is 0 Å². The Morgan fingerprint density at radius 3 is 1.62 bits per heavy atom. The number of hydrogen-bond donors (Lipinski definition) is 1. The largest absolute Gasteiger partial charge is 0.299 e. The van der Waals surface area contributed by atoms with Crippen molar-refractivity contribution in [3.05, 3.63) is 35.9 Å². The zero-order chi connectivity index (χ0) is 20.2. The van der Waals surface area contributed by atoms with E-state index in [-0.39, 0.29) is 24.4 Å². The minimum absolute atomic E-state index is 0.0318. The summed E-state index contributed by atoms with van der Waals surface area (Å²) in [5.41, 5.74) is 0.628. The highest BCUT2D eigenvalue weighted by Crippen LogP contribution is 2.30. The van der Waals surface area contributed by atoms with E-state index >= 15 is 0 Å². The number of hydrogen-bond acceptors (Lipinski definition) is 4. The third-order valence-electron chi connectivity index (χ3n) is 4.17. The summed E-state index contributed by atoms with van der Waals surface area (Å²) in [5, 5.41) is 0. The van der Waals surface area contributed by atoms with Crippen LogP contribution < -0.4 is 5.48 Å². The first-order valence-corrected chi connectivity index (χ1v) is 8.85. The fraction of sp³-hybridized carbons (Fsp3) is 0.571. The predicted octanol–water partition coefficient (Wildman–Crippen LogP) is 4.12. The van der Waals surface area contributed by atoms with Crippen molar-refractivity contribution >= 4 is 17.5 Å². The van der Waals surface area contributed by atoms with Crippen molar-refractivity contribution in [2.45, 2.75) is 66.9 Å². The van der Waals surface area contributed by atoms with Gasteiger partial charge in [-0.15, -0.1) is 0 Å². The third kappa shape index (κ3) is 6.71. The molecule has 1 N–H and O–H groups in total. The fourth-order valence-corrected chi connectivity index (χ4v) is 2.16. The summed E-state index contributed by atoms with van der Waals surface area (Å²) in [7, 11) is 0. The van der Waals surface area contributed by atoms with Crippen LogP contribution in [0.1, 0.15) is 71.7 Å². The van der Waals surface area contributed by atoms with E-state index < -0.39 is 22.3 Å². The second-order valence-electron chi connectivity index (χ2n) is 9.05. The Morgan fingerprint density at radius 1 is 0.808 bits per heavy atom.